The van der Waals surface area contributed by atoms with E-state index in [9.17, 15) is 9.59 Å². The van der Waals surface area contributed by atoms with Gasteiger partial charge in [-0.05, 0) is 47.5 Å². The molecule has 1 saturated heterocycles. The molecule has 2 amide bonds. The van der Waals surface area contributed by atoms with Crippen molar-refractivity contribution in [2.24, 2.45) is 0 Å². The molecule has 2 heterocycles. The van der Waals surface area contributed by atoms with Crippen LogP contribution in [-0.2, 0) is 0 Å². The minimum atomic E-state index is -0.261. The van der Waals surface area contributed by atoms with Crippen molar-refractivity contribution in [3.05, 3.63) is 84.2 Å². The molecule has 2 N–H and O–H groups in total. The highest BCUT2D eigenvalue weighted by molar-refractivity contribution is 6.03. The van der Waals surface area contributed by atoms with Crippen LogP contribution in [0.5, 0.6) is 0 Å². The van der Waals surface area contributed by atoms with E-state index in [0.717, 1.165) is 43.0 Å². The number of para-hydroxylation sites is 1. The zero-order chi connectivity index (χ0) is 20.1. The van der Waals surface area contributed by atoms with E-state index in [1.807, 2.05) is 65.6 Å². The molecule has 0 spiro atoms. The molecule has 0 unspecified atom stereocenters. The first-order valence-electron chi connectivity index (χ1n) is 9.63. The second-order valence-corrected chi connectivity index (χ2v) is 6.87. The standard InChI is InChI=1S/C23H22N4O2/c28-22(26-20-4-2-1-3-5-20)21-16-19(10-11-25-21)17-6-8-18(9-7-17)23(29)27-14-12-24-13-15-27/h1-11,16,24H,12-15H2,(H,26,28). The summed E-state index contributed by atoms with van der Waals surface area (Å²) in [6, 6.07) is 20.4. The van der Waals surface area contributed by atoms with Gasteiger partial charge in [0.1, 0.15) is 5.69 Å². The Morgan fingerprint density at radius 1 is 0.897 bits per heavy atom. The van der Waals surface area contributed by atoms with Gasteiger partial charge in [0.15, 0.2) is 0 Å². The lowest BCUT2D eigenvalue weighted by Gasteiger charge is -2.27. The average molecular weight is 386 g/mol. The van der Waals surface area contributed by atoms with Crippen LogP contribution in [0.2, 0.25) is 0 Å². The number of carbonyl (C=O) groups is 2. The van der Waals surface area contributed by atoms with Gasteiger partial charge in [0.2, 0.25) is 0 Å². The number of nitrogens with zero attached hydrogens (tertiary/aromatic N) is 2. The quantitative estimate of drug-likeness (QED) is 0.723. The third kappa shape index (κ3) is 4.50. The van der Waals surface area contributed by atoms with Gasteiger partial charge < -0.3 is 15.5 Å². The molecule has 1 aromatic heterocycles. The summed E-state index contributed by atoms with van der Waals surface area (Å²) in [4.78, 5) is 31.1. The van der Waals surface area contributed by atoms with Crippen molar-refractivity contribution in [3.8, 4) is 11.1 Å². The predicted molar refractivity (Wildman–Crippen MR) is 113 cm³/mol. The molecule has 4 rings (SSSR count). The fourth-order valence-electron chi connectivity index (χ4n) is 3.31. The molecule has 0 bridgehead atoms. The van der Waals surface area contributed by atoms with E-state index in [2.05, 4.69) is 15.6 Å². The monoisotopic (exact) mass is 386 g/mol. The van der Waals surface area contributed by atoms with Gasteiger partial charge in [0.25, 0.3) is 11.8 Å². The summed E-state index contributed by atoms with van der Waals surface area (Å²) in [5.41, 5.74) is 3.54. The molecular weight excluding hydrogens is 364 g/mol. The topological polar surface area (TPSA) is 74.3 Å². The molecule has 0 radical (unpaired) electrons. The Bertz CT molecular complexity index is 997. The van der Waals surface area contributed by atoms with Crippen LogP contribution >= 0.6 is 0 Å². The van der Waals surface area contributed by atoms with E-state index in [1.54, 1.807) is 12.3 Å². The molecule has 2 aromatic carbocycles. The normalized spacial score (nSPS) is 13.7. The lowest BCUT2D eigenvalue weighted by atomic mass is 10.0. The highest BCUT2D eigenvalue weighted by Crippen LogP contribution is 2.21. The van der Waals surface area contributed by atoms with Crippen LogP contribution in [0.1, 0.15) is 20.8 Å². The van der Waals surface area contributed by atoms with E-state index in [0.29, 0.717) is 11.3 Å². The summed E-state index contributed by atoms with van der Waals surface area (Å²) in [5, 5.41) is 6.09. The zero-order valence-electron chi connectivity index (χ0n) is 16.0. The van der Waals surface area contributed by atoms with Gasteiger partial charge >= 0.3 is 0 Å². The third-order valence-corrected chi connectivity index (χ3v) is 4.89. The molecule has 0 saturated carbocycles. The third-order valence-electron chi connectivity index (χ3n) is 4.89. The Morgan fingerprint density at radius 2 is 1.62 bits per heavy atom. The Hall–Kier alpha value is -3.51. The highest BCUT2D eigenvalue weighted by Gasteiger charge is 2.18. The first-order valence-corrected chi connectivity index (χ1v) is 9.63. The number of rotatable bonds is 4. The molecule has 3 aromatic rings. The Balaban J connectivity index is 1.49. The minimum absolute atomic E-state index is 0.0516. The summed E-state index contributed by atoms with van der Waals surface area (Å²) < 4.78 is 0. The van der Waals surface area contributed by atoms with Crippen LogP contribution in [0, 0.1) is 0 Å². The lowest BCUT2D eigenvalue weighted by Crippen LogP contribution is -2.46. The molecule has 6 heteroatoms. The fourth-order valence-corrected chi connectivity index (χ4v) is 3.31. The second kappa shape index (κ2) is 8.67. The van der Waals surface area contributed by atoms with E-state index < -0.39 is 0 Å². The van der Waals surface area contributed by atoms with Crippen LogP contribution in [0.3, 0.4) is 0 Å². The first kappa shape index (κ1) is 18.8. The van der Waals surface area contributed by atoms with Crippen molar-refractivity contribution < 1.29 is 9.59 Å². The van der Waals surface area contributed by atoms with Crippen molar-refractivity contribution >= 4 is 17.5 Å². The molecule has 29 heavy (non-hydrogen) atoms. The number of nitrogens with one attached hydrogen (secondary N) is 2. The number of hydrogen-bond acceptors (Lipinski definition) is 4. The highest BCUT2D eigenvalue weighted by atomic mass is 16.2. The number of benzene rings is 2. The van der Waals surface area contributed by atoms with Crippen molar-refractivity contribution in [1.82, 2.24) is 15.2 Å². The number of hydrogen-bond donors (Lipinski definition) is 2. The van der Waals surface area contributed by atoms with Crippen molar-refractivity contribution in [3.63, 3.8) is 0 Å². The number of aromatic nitrogens is 1. The number of carbonyl (C=O) groups excluding carboxylic acids is 2. The summed E-state index contributed by atoms with van der Waals surface area (Å²) in [7, 11) is 0. The van der Waals surface area contributed by atoms with Gasteiger partial charge in [-0.15, -0.1) is 0 Å². The molecule has 1 fully saturated rings. The molecular formula is C23H22N4O2. The maximum absolute atomic E-state index is 12.6. The van der Waals surface area contributed by atoms with Crippen molar-refractivity contribution in [2.75, 3.05) is 31.5 Å². The van der Waals surface area contributed by atoms with Gasteiger partial charge in [0, 0.05) is 43.6 Å². The van der Waals surface area contributed by atoms with Crippen LogP contribution in [0.25, 0.3) is 11.1 Å². The lowest BCUT2D eigenvalue weighted by molar-refractivity contribution is 0.0735. The zero-order valence-corrected chi connectivity index (χ0v) is 16.0. The van der Waals surface area contributed by atoms with Gasteiger partial charge in [-0.1, -0.05) is 30.3 Å². The van der Waals surface area contributed by atoms with Crippen molar-refractivity contribution in [2.45, 2.75) is 0 Å². The van der Waals surface area contributed by atoms with Crippen LogP contribution < -0.4 is 10.6 Å². The largest absolute Gasteiger partial charge is 0.336 e. The van der Waals surface area contributed by atoms with E-state index in [1.165, 1.54) is 0 Å². The number of anilines is 1. The Labute approximate surface area is 169 Å². The van der Waals surface area contributed by atoms with Gasteiger partial charge in [0.05, 0.1) is 0 Å². The number of amides is 2. The molecule has 0 aliphatic carbocycles. The van der Waals surface area contributed by atoms with Crippen LogP contribution in [0.4, 0.5) is 5.69 Å². The van der Waals surface area contributed by atoms with Gasteiger partial charge in [-0.2, -0.15) is 0 Å². The summed E-state index contributed by atoms with van der Waals surface area (Å²) >= 11 is 0. The minimum Gasteiger partial charge on any atom is -0.336 e. The van der Waals surface area contributed by atoms with Crippen LogP contribution in [0.15, 0.2) is 72.9 Å². The maximum Gasteiger partial charge on any atom is 0.274 e. The van der Waals surface area contributed by atoms with Crippen LogP contribution in [-0.4, -0.2) is 47.9 Å². The van der Waals surface area contributed by atoms with Crippen molar-refractivity contribution in [1.29, 1.82) is 0 Å². The first-order chi connectivity index (χ1) is 14.2. The number of piperazine rings is 1. The molecule has 0 atom stereocenters. The predicted octanol–water partition coefficient (Wildman–Crippen LogP) is 3.05. The van der Waals surface area contributed by atoms with Gasteiger partial charge in [-0.3, -0.25) is 14.6 Å². The Morgan fingerprint density at radius 3 is 2.34 bits per heavy atom. The summed E-state index contributed by atoms with van der Waals surface area (Å²) in [6.07, 6.45) is 1.62. The Kier molecular flexibility index (Phi) is 5.63. The van der Waals surface area contributed by atoms with E-state index in [4.69, 9.17) is 0 Å². The summed E-state index contributed by atoms with van der Waals surface area (Å²) in [5.74, 6) is -0.209. The SMILES string of the molecule is O=C(Nc1ccccc1)c1cc(-c2ccc(C(=O)N3CCNCC3)cc2)ccn1. The van der Waals surface area contributed by atoms with E-state index >= 15 is 0 Å². The maximum atomic E-state index is 12.6. The van der Waals surface area contributed by atoms with Gasteiger partial charge in [-0.25, -0.2) is 0 Å². The molecule has 1 aliphatic heterocycles. The molecule has 1 aliphatic rings. The fraction of sp³-hybridized carbons (Fsp3) is 0.174. The smallest absolute Gasteiger partial charge is 0.274 e. The van der Waals surface area contributed by atoms with E-state index in [-0.39, 0.29) is 11.8 Å². The summed E-state index contributed by atoms with van der Waals surface area (Å²) in [6.45, 7) is 3.11. The number of pyridine rings is 1. The molecule has 6 nitrogen and oxygen atoms in total. The second-order valence-electron chi connectivity index (χ2n) is 6.87. The molecule has 146 valence electrons. The average Bonchev–Trinajstić information content (AvgIpc) is 2.80.